The molecule has 0 aliphatic heterocycles. The molecule has 7 heteroatoms. The van der Waals surface area contributed by atoms with Crippen LogP contribution in [-0.4, -0.2) is 22.3 Å². The zero-order valence-corrected chi connectivity index (χ0v) is 12.2. The highest BCUT2D eigenvalue weighted by atomic mass is 79.9. The summed E-state index contributed by atoms with van der Waals surface area (Å²) in [7, 11) is 0. The number of nitrogens with zero attached hydrogens (tertiary/aromatic N) is 2. The zero-order chi connectivity index (χ0) is 14.5. The van der Waals surface area contributed by atoms with E-state index in [0.717, 1.165) is 4.47 Å². The monoisotopic (exact) mass is 338 g/mol. The van der Waals surface area contributed by atoms with E-state index in [1.807, 2.05) is 0 Å². The van der Waals surface area contributed by atoms with Gasteiger partial charge in [-0.1, -0.05) is 15.9 Å². The van der Waals surface area contributed by atoms with Crippen LogP contribution in [0.15, 0.2) is 35.1 Å². The number of rotatable bonds is 5. The third kappa shape index (κ3) is 3.99. The van der Waals surface area contributed by atoms with Crippen LogP contribution in [-0.2, 0) is 4.79 Å². The first-order valence-corrected chi connectivity index (χ1v) is 6.61. The van der Waals surface area contributed by atoms with Crippen molar-refractivity contribution in [3.05, 3.63) is 40.9 Å². The minimum atomic E-state index is -0.384. The van der Waals surface area contributed by atoms with Crippen molar-refractivity contribution in [3.63, 3.8) is 0 Å². The molecular weight excluding hydrogens is 327 g/mol. The lowest BCUT2D eigenvalue weighted by Crippen LogP contribution is -2.11. The first kappa shape index (κ1) is 14.4. The van der Waals surface area contributed by atoms with E-state index in [1.165, 1.54) is 19.3 Å². The van der Waals surface area contributed by atoms with Crippen LogP contribution in [0.4, 0.5) is 21.7 Å². The Morgan fingerprint density at radius 1 is 1.30 bits per heavy atom. The van der Waals surface area contributed by atoms with Gasteiger partial charge in [-0.25, -0.2) is 14.4 Å². The van der Waals surface area contributed by atoms with Gasteiger partial charge in [0.05, 0.1) is 12.2 Å². The Kier molecular flexibility index (Phi) is 4.62. The van der Waals surface area contributed by atoms with Gasteiger partial charge in [0, 0.05) is 10.5 Å². The van der Waals surface area contributed by atoms with E-state index >= 15 is 0 Å². The van der Waals surface area contributed by atoms with E-state index in [4.69, 9.17) is 0 Å². The summed E-state index contributed by atoms with van der Waals surface area (Å²) in [6.07, 6.45) is 1.33. The average molecular weight is 339 g/mol. The van der Waals surface area contributed by atoms with Crippen LogP contribution < -0.4 is 10.6 Å². The molecule has 0 amide bonds. The molecule has 5 nitrogen and oxygen atoms in total. The number of hydrogen-bond donors (Lipinski definition) is 2. The maximum absolute atomic E-state index is 13.6. The third-order valence-corrected chi connectivity index (χ3v) is 2.87. The second-order valence-corrected chi connectivity index (χ2v) is 5.01. The second-order valence-electron chi connectivity index (χ2n) is 4.09. The SMILES string of the molecule is CC(=O)CNc1cc(Nc2cc(Br)ccc2F)ncn1. The quantitative estimate of drug-likeness (QED) is 0.876. The molecule has 1 heterocycles. The third-order valence-electron chi connectivity index (χ3n) is 2.38. The number of Topliss-reactive ketones (excluding diaryl/α,β-unsaturated/α-hetero) is 1. The van der Waals surface area contributed by atoms with Crippen LogP contribution in [0.25, 0.3) is 0 Å². The number of benzene rings is 1. The molecule has 0 fully saturated rings. The lowest BCUT2D eigenvalue weighted by Gasteiger charge is -2.09. The average Bonchev–Trinajstić information content (AvgIpc) is 2.41. The predicted octanol–water partition coefficient (Wildman–Crippen LogP) is 3.12. The number of nitrogens with one attached hydrogen (secondary N) is 2. The Balaban J connectivity index is 2.15. The molecule has 2 N–H and O–H groups in total. The second kappa shape index (κ2) is 6.42. The van der Waals surface area contributed by atoms with Gasteiger partial charge in [0.2, 0.25) is 0 Å². The van der Waals surface area contributed by atoms with Crippen LogP contribution in [0, 0.1) is 5.82 Å². The number of aromatic nitrogens is 2. The molecule has 0 radical (unpaired) electrons. The summed E-state index contributed by atoms with van der Waals surface area (Å²) in [6.45, 7) is 1.66. The predicted molar refractivity (Wildman–Crippen MR) is 78.6 cm³/mol. The van der Waals surface area contributed by atoms with Gasteiger partial charge in [-0.05, 0) is 25.1 Å². The van der Waals surface area contributed by atoms with Crippen molar-refractivity contribution in [1.29, 1.82) is 0 Å². The van der Waals surface area contributed by atoms with E-state index in [0.29, 0.717) is 17.3 Å². The van der Waals surface area contributed by atoms with Crippen LogP contribution >= 0.6 is 15.9 Å². The molecule has 2 rings (SSSR count). The molecule has 1 aromatic carbocycles. The van der Waals surface area contributed by atoms with Crippen LogP contribution in [0.1, 0.15) is 6.92 Å². The van der Waals surface area contributed by atoms with E-state index in [9.17, 15) is 9.18 Å². The molecule has 0 aliphatic carbocycles. The van der Waals surface area contributed by atoms with E-state index in [2.05, 4.69) is 36.5 Å². The minimum Gasteiger partial charge on any atom is -0.363 e. The lowest BCUT2D eigenvalue weighted by molar-refractivity contribution is -0.115. The fourth-order valence-electron chi connectivity index (χ4n) is 1.47. The maximum Gasteiger partial charge on any atom is 0.148 e. The maximum atomic E-state index is 13.6. The largest absolute Gasteiger partial charge is 0.363 e. The van der Waals surface area contributed by atoms with E-state index in [-0.39, 0.29) is 18.1 Å². The highest BCUT2D eigenvalue weighted by Crippen LogP contribution is 2.23. The van der Waals surface area contributed by atoms with E-state index in [1.54, 1.807) is 18.2 Å². The van der Waals surface area contributed by atoms with Crippen LogP contribution in [0.5, 0.6) is 0 Å². The molecule has 2 aromatic rings. The Morgan fingerprint density at radius 2 is 2.05 bits per heavy atom. The molecule has 0 saturated heterocycles. The molecule has 0 aliphatic rings. The molecule has 0 unspecified atom stereocenters. The van der Waals surface area contributed by atoms with Crippen molar-refractivity contribution in [2.24, 2.45) is 0 Å². The number of carbonyl (C=O) groups is 1. The molecule has 0 spiro atoms. The van der Waals surface area contributed by atoms with Crippen molar-refractivity contribution in [2.45, 2.75) is 6.92 Å². The van der Waals surface area contributed by atoms with Gasteiger partial charge in [0.15, 0.2) is 0 Å². The molecule has 0 bridgehead atoms. The van der Waals surface area contributed by atoms with Gasteiger partial charge in [-0.15, -0.1) is 0 Å². The number of carbonyl (C=O) groups excluding carboxylic acids is 1. The van der Waals surface area contributed by atoms with Crippen molar-refractivity contribution in [1.82, 2.24) is 9.97 Å². The Morgan fingerprint density at radius 3 is 2.80 bits per heavy atom. The number of halogens is 2. The lowest BCUT2D eigenvalue weighted by atomic mass is 10.3. The first-order chi connectivity index (χ1) is 9.54. The Bertz CT molecular complexity index is 636. The van der Waals surface area contributed by atoms with Crippen LogP contribution in [0.3, 0.4) is 0 Å². The summed E-state index contributed by atoms with van der Waals surface area (Å²) in [4.78, 5) is 18.9. The summed E-state index contributed by atoms with van der Waals surface area (Å²) < 4.78 is 14.4. The smallest absolute Gasteiger partial charge is 0.148 e. The number of anilines is 3. The molecule has 20 heavy (non-hydrogen) atoms. The molecule has 104 valence electrons. The highest BCUT2D eigenvalue weighted by molar-refractivity contribution is 9.10. The first-order valence-electron chi connectivity index (χ1n) is 5.82. The Hall–Kier alpha value is -2.02. The zero-order valence-electron chi connectivity index (χ0n) is 10.7. The fourth-order valence-corrected chi connectivity index (χ4v) is 1.83. The van der Waals surface area contributed by atoms with Crippen molar-refractivity contribution in [3.8, 4) is 0 Å². The number of ketones is 1. The van der Waals surface area contributed by atoms with Crippen molar-refractivity contribution in [2.75, 3.05) is 17.2 Å². The van der Waals surface area contributed by atoms with E-state index < -0.39 is 0 Å². The standard InChI is InChI=1S/C13H12BrFN4O/c1-8(20)6-16-12-5-13(18-7-17-12)19-11-4-9(14)2-3-10(11)15/h2-5,7H,6H2,1H3,(H2,16,17,18,19). The summed E-state index contributed by atoms with van der Waals surface area (Å²) in [6, 6.07) is 6.17. The number of hydrogen-bond acceptors (Lipinski definition) is 5. The van der Waals surface area contributed by atoms with Crippen LogP contribution in [0.2, 0.25) is 0 Å². The van der Waals surface area contributed by atoms with Crippen molar-refractivity contribution < 1.29 is 9.18 Å². The molecular formula is C13H12BrFN4O. The summed E-state index contributed by atoms with van der Waals surface area (Å²) in [5, 5.41) is 5.71. The Labute approximate surface area is 123 Å². The van der Waals surface area contributed by atoms with Gasteiger partial charge < -0.3 is 10.6 Å². The van der Waals surface area contributed by atoms with Gasteiger partial charge in [-0.3, -0.25) is 4.79 Å². The molecule has 0 atom stereocenters. The van der Waals surface area contributed by atoms with Gasteiger partial charge in [0.25, 0.3) is 0 Å². The highest BCUT2D eigenvalue weighted by Gasteiger charge is 2.05. The van der Waals surface area contributed by atoms with Gasteiger partial charge >= 0.3 is 0 Å². The fraction of sp³-hybridized carbons (Fsp3) is 0.154. The molecule has 1 aromatic heterocycles. The summed E-state index contributed by atoms with van der Waals surface area (Å²) >= 11 is 3.28. The normalized spacial score (nSPS) is 10.2. The topological polar surface area (TPSA) is 66.9 Å². The van der Waals surface area contributed by atoms with Gasteiger partial charge in [0.1, 0.15) is 29.6 Å². The van der Waals surface area contributed by atoms with Gasteiger partial charge in [-0.2, -0.15) is 0 Å². The minimum absolute atomic E-state index is 0.00356. The van der Waals surface area contributed by atoms with Crippen molar-refractivity contribution >= 4 is 39.0 Å². The summed E-state index contributed by atoms with van der Waals surface area (Å²) in [5.74, 6) is 0.539. The summed E-state index contributed by atoms with van der Waals surface area (Å²) in [5.41, 5.74) is 0.301. The molecule has 0 saturated carbocycles.